The van der Waals surface area contributed by atoms with E-state index in [1.54, 1.807) is 12.3 Å². The molecular weight excluding hydrogens is 369 g/mol. The second-order valence-corrected chi connectivity index (χ2v) is 6.76. The molecule has 0 saturated heterocycles. The Labute approximate surface area is 160 Å². The Bertz CT molecular complexity index is 1060. The first kappa shape index (κ1) is 17.5. The van der Waals surface area contributed by atoms with Crippen LogP contribution in [0.1, 0.15) is 21.7 Å². The van der Waals surface area contributed by atoms with Gasteiger partial charge >= 0.3 is 0 Å². The van der Waals surface area contributed by atoms with Gasteiger partial charge in [-0.05, 0) is 43.7 Å². The maximum Gasteiger partial charge on any atom is 0.268 e. The summed E-state index contributed by atoms with van der Waals surface area (Å²) >= 11 is 6.07. The van der Waals surface area contributed by atoms with Crippen LogP contribution in [-0.2, 0) is 6.54 Å². The lowest BCUT2D eigenvalue weighted by atomic mass is 10.1. The predicted molar refractivity (Wildman–Crippen MR) is 102 cm³/mol. The minimum Gasteiger partial charge on any atom is -0.349 e. The quantitative estimate of drug-likeness (QED) is 0.718. The van der Waals surface area contributed by atoms with Gasteiger partial charge in [-0.2, -0.15) is 0 Å². The molecule has 3 heterocycles. The lowest BCUT2D eigenvalue weighted by molar-refractivity contribution is 0.0926. The van der Waals surface area contributed by atoms with Gasteiger partial charge in [0, 0.05) is 30.5 Å². The predicted octanol–water partition coefficient (Wildman–Crippen LogP) is 3.84. The molecule has 2 N–H and O–H groups in total. The van der Waals surface area contributed by atoms with Crippen LogP contribution in [0.3, 0.4) is 0 Å². The van der Waals surface area contributed by atoms with Crippen LogP contribution in [-0.4, -0.2) is 27.0 Å². The van der Waals surface area contributed by atoms with E-state index in [4.69, 9.17) is 11.6 Å². The summed E-state index contributed by atoms with van der Waals surface area (Å²) in [6.45, 7) is 5.25. The molecule has 1 amide bonds. The zero-order chi connectivity index (χ0) is 19.1. The first-order valence-electron chi connectivity index (χ1n) is 8.49. The van der Waals surface area contributed by atoms with Gasteiger partial charge in [0.1, 0.15) is 11.5 Å². The second-order valence-electron chi connectivity index (χ2n) is 6.36. The van der Waals surface area contributed by atoms with E-state index < -0.39 is 5.82 Å². The molecule has 1 aliphatic heterocycles. The Balaban J connectivity index is 1.74. The van der Waals surface area contributed by atoms with E-state index >= 15 is 0 Å². The Morgan fingerprint density at radius 1 is 1.30 bits per heavy atom. The molecule has 0 fully saturated rings. The number of anilines is 2. The maximum atomic E-state index is 13.2. The number of amides is 1. The lowest BCUT2D eigenvalue weighted by Crippen LogP contribution is -2.35. The third-order valence-corrected chi connectivity index (χ3v) is 5.00. The van der Waals surface area contributed by atoms with Crippen molar-refractivity contribution < 1.29 is 9.18 Å². The Hall–Kier alpha value is -2.93. The van der Waals surface area contributed by atoms with Crippen molar-refractivity contribution in [3.8, 4) is 11.3 Å². The van der Waals surface area contributed by atoms with Crippen molar-refractivity contribution in [2.45, 2.75) is 20.4 Å². The second kappa shape index (κ2) is 6.66. The monoisotopic (exact) mass is 385 g/mol. The van der Waals surface area contributed by atoms with Gasteiger partial charge in [0.15, 0.2) is 0 Å². The van der Waals surface area contributed by atoms with Gasteiger partial charge in [-0.25, -0.2) is 14.4 Å². The number of rotatable bonds is 3. The molecule has 1 aromatic carbocycles. The number of nitrogens with zero attached hydrogens (tertiary/aromatic N) is 3. The Kier molecular flexibility index (Phi) is 4.31. The zero-order valence-corrected chi connectivity index (χ0v) is 15.6. The first-order chi connectivity index (χ1) is 13.0. The highest BCUT2D eigenvalue weighted by Gasteiger charge is 2.26. The smallest absolute Gasteiger partial charge is 0.268 e. The van der Waals surface area contributed by atoms with Crippen LogP contribution in [0.25, 0.3) is 11.3 Å². The van der Waals surface area contributed by atoms with Crippen molar-refractivity contribution in [3.05, 3.63) is 58.3 Å². The SMILES string of the molecule is Cc1c(-c2ccnc(Nc3ccc(F)cc3Cl)n2)c(C)n2c1C(=O)NCC2. The van der Waals surface area contributed by atoms with Crippen molar-refractivity contribution in [1.82, 2.24) is 19.9 Å². The average Bonchev–Trinajstić information content (AvgIpc) is 2.90. The number of benzene rings is 1. The van der Waals surface area contributed by atoms with Crippen molar-refractivity contribution in [3.63, 3.8) is 0 Å². The minimum atomic E-state index is -0.413. The van der Waals surface area contributed by atoms with Crippen molar-refractivity contribution >= 4 is 29.1 Å². The molecule has 138 valence electrons. The molecule has 4 rings (SSSR count). The molecule has 2 aromatic heterocycles. The zero-order valence-electron chi connectivity index (χ0n) is 14.8. The number of nitrogens with one attached hydrogen (secondary N) is 2. The van der Waals surface area contributed by atoms with Crippen LogP contribution in [0.15, 0.2) is 30.5 Å². The summed E-state index contributed by atoms with van der Waals surface area (Å²) in [6.07, 6.45) is 1.64. The van der Waals surface area contributed by atoms with E-state index in [1.165, 1.54) is 18.2 Å². The molecule has 0 atom stereocenters. The number of aromatic nitrogens is 3. The topological polar surface area (TPSA) is 71.8 Å². The van der Waals surface area contributed by atoms with Crippen molar-refractivity contribution in [2.75, 3.05) is 11.9 Å². The van der Waals surface area contributed by atoms with Gasteiger partial charge < -0.3 is 15.2 Å². The molecule has 27 heavy (non-hydrogen) atoms. The Morgan fingerprint density at radius 2 is 2.11 bits per heavy atom. The highest BCUT2D eigenvalue weighted by atomic mass is 35.5. The molecule has 6 nitrogen and oxygen atoms in total. The highest BCUT2D eigenvalue weighted by molar-refractivity contribution is 6.33. The molecule has 0 aliphatic carbocycles. The third-order valence-electron chi connectivity index (χ3n) is 4.69. The highest BCUT2D eigenvalue weighted by Crippen LogP contribution is 2.33. The van der Waals surface area contributed by atoms with E-state index in [0.717, 1.165) is 23.4 Å². The van der Waals surface area contributed by atoms with Crippen LogP contribution >= 0.6 is 11.6 Å². The largest absolute Gasteiger partial charge is 0.349 e. The van der Waals surface area contributed by atoms with E-state index in [2.05, 4.69) is 20.6 Å². The van der Waals surface area contributed by atoms with Gasteiger partial charge in [-0.3, -0.25) is 4.79 Å². The standard InChI is InChI=1S/C19H17ClFN5O/c1-10-16(11(2)26-8-7-22-18(27)17(10)26)15-5-6-23-19(25-15)24-14-4-3-12(21)9-13(14)20/h3-6,9H,7-8H2,1-2H3,(H,22,27)(H,23,24,25). The number of hydrogen-bond acceptors (Lipinski definition) is 4. The van der Waals surface area contributed by atoms with Gasteiger partial charge in [-0.15, -0.1) is 0 Å². The molecule has 3 aromatic rings. The summed E-state index contributed by atoms with van der Waals surface area (Å²) in [7, 11) is 0. The fourth-order valence-electron chi connectivity index (χ4n) is 3.48. The molecule has 0 spiro atoms. The van der Waals surface area contributed by atoms with Crippen LogP contribution in [0, 0.1) is 19.7 Å². The van der Waals surface area contributed by atoms with E-state index in [0.29, 0.717) is 29.6 Å². The normalized spacial score (nSPS) is 13.3. The number of hydrogen-bond donors (Lipinski definition) is 2. The summed E-state index contributed by atoms with van der Waals surface area (Å²) < 4.78 is 15.2. The molecule has 0 bridgehead atoms. The summed E-state index contributed by atoms with van der Waals surface area (Å²) in [4.78, 5) is 21.0. The first-order valence-corrected chi connectivity index (χ1v) is 8.87. The molecule has 8 heteroatoms. The molecular formula is C19H17ClFN5O. The van der Waals surface area contributed by atoms with Gasteiger partial charge in [0.05, 0.1) is 16.4 Å². The summed E-state index contributed by atoms with van der Waals surface area (Å²) in [5.74, 6) is -0.142. The van der Waals surface area contributed by atoms with Crippen LogP contribution in [0.5, 0.6) is 0 Å². The minimum absolute atomic E-state index is 0.0707. The maximum absolute atomic E-state index is 13.2. The number of carbonyl (C=O) groups is 1. The van der Waals surface area contributed by atoms with Crippen molar-refractivity contribution in [1.29, 1.82) is 0 Å². The fraction of sp³-hybridized carbons (Fsp3) is 0.211. The van der Waals surface area contributed by atoms with E-state index in [1.807, 2.05) is 18.4 Å². The summed E-state index contributed by atoms with van der Waals surface area (Å²) in [5.41, 5.74) is 4.67. The number of fused-ring (bicyclic) bond motifs is 1. The third kappa shape index (κ3) is 3.04. The van der Waals surface area contributed by atoms with Crippen molar-refractivity contribution in [2.24, 2.45) is 0 Å². The van der Waals surface area contributed by atoms with Gasteiger partial charge in [-0.1, -0.05) is 11.6 Å². The molecule has 0 unspecified atom stereocenters. The fourth-order valence-corrected chi connectivity index (χ4v) is 3.69. The van der Waals surface area contributed by atoms with Crippen LogP contribution in [0.2, 0.25) is 5.02 Å². The van der Waals surface area contributed by atoms with E-state index in [9.17, 15) is 9.18 Å². The van der Waals surface area contributed by atoms with E-state index in [-0.39, 0.29) is 10.9 Å². The Morgan fingerprint density at radius 3 is 2.85 bits per heavy atom. The van der Waals surface area contributed by atoms with Gasteiger partial charge in [0.25, 0.3) is 5.91 Å². The summed E-state index contributed by atoms with van der Waals surface area (Å²) in [5, 5.41) is 6.13. The average molecular weight is 386 g/mol. The molecule has 1 aliphatic rings. The number of halogens is 2. The lowest BCUT2D eigenvalue weighted by Gasteiger charge is -2.17. The van der Waals surface area contributed by atoms with Crippen LogP contribution < -0.4 is 10.6 Å². The summed E-state index contributed by atoms with van der Waals surface area (Å²) in [6, 6.07) is 5.87. The van der Waals surface area contributed by atoms with Crippen LogP contribution in [0.4, 0.5) is 16.0 Å². The van der Waals surface area contributed by atoms with Gasteiger partial charge in [0.2, 0.25) is 5.95 Å². The molecule has 0 radical (unpaired) electrons. The molecule has 0 saturated carbocycles. The number of carbonyl (C=O) groups excluding carboxylic acids is 1.